The number of benzene rings is 2. The van der Waals surface area contributed by atoms with Gasteiger partial charge in [0, 0.05) is 0 Å². The molecule has 0 heterocycles. The van der Waals surface area contributed by atoms with Crippen molar-refractivity contribution in [2.45, 2.75) is 19.8 Å². The lowest BCUT2D eigenvalue weighted by Gasteiger charge is -2.15. The number of rotatable bonds is 2. The summed E-state index contributed by atoms with van der Waals surface area (Å²) in [4.78, 5) is 0. The maximum Gasteiger partial charge on any atom is 0.145 e. The third kappa shape index (κ3) is 2.34. The Morgan fingerprint density at radius 3 is 2.24 bits per heavy atom. The fraction of sp³-hybridized carbons (Fsp3) is 0.200. The normalized spacial score (nSPS) is 10.9. The van der Waals surface area contributed by atoms with Gasteiger partial charge in [-0.05, 0) is 28.7 Å². The first-order valence-corrected chi connectivity index (χ1v) is 6.02. The molecule has 88 valence electrons. The zero-order chi connectivity index (χ0) is 12.4. The highest BCUT2D eigenvalue weighted by atomic mass is 35.5. The average Bonchev–Trinajstić information content (AvgIpc) is 2.33. The number of hydrogen-bond donors (Lipinski definition) is 0. The van der Waals surface area contributed by atoms with Crippen LogP contribution in [0.25, 0.3) is 11.1 Å². The molecule has 0 radical (unpaired) electrons. The van der Waals surface area contributed by atoms with Crippen LogP contribution >= 0.6 is 11.6 Å². The molecule has 17 heavy (non-hydrogen) atoms. The average molecular weight is 249 g/mol. The lowest BCUT2D eigenvalue weighted by atomic mass is 9.92. The van der Waals surface area contributed by atoms with E-state index in [1.54, 1.807) is 6.07 Å². The lowest BCUT2D eigenvalue weighted by molar-refractivity contribution is 0.600. The summed E-state index contributed by atoms with van der Waals surface area (Å²) in [6.45, 7) is 3.95. The molecular formula is C15H14ClF. The van der Waals surface area contributed by atoms with Crippen LogP contribution in [0.2, 0.25) is 5.02 Å². The van der Waals surface area contributed by atoms with Gasteiger partial charge in [0.25, 0.3) is 0 Å². The van der Waals surface area contributed by atoms with Gasteiger partial charge in [-0.1, -0.05) is 61.8 Å². The Labute approximate surface area is 106 Å². The molecule has 0 aliphatic carbocycles. The van der Waals surface area contributed by atoms with Gasteiger partial charge in [-0.25, -0.2) is 4.39 Å². The Morgan fingerprint density at radius 2 is 1.65 bits per heavy atom. The summed E-state index contributed by atoms with van der Waals surface area (Å²) in [5, 5.41) is 0.188. The molecule has 0 N–H and O–H groups in total. The van der Waals surface area contributed by atoms with Crippen LogP contribution < -0.4 is 0 Å². The molecule has 0 fully saturated rings. The van der Waals surface area contributed by atoms with E-state index < -0.39 is 0 Å². The monoisotopic (exact) mass is 248 g/mol. The predicted molar refractivity (Wildman–Crippen MR) is 70.9 cm³/mol. The van der Waals surface area contributed by atoms with E-state index in [2.05, 4.69) is 0 Å². The quantitative estimate of drug-likeness (QED) is 0.679. The lowest BCUT2D eigenvalue weighted by Crippen LogP contribution is -1.98. The molecule has 2 aromatic carbocycles. The molecule has 0 spiro atoms. The second-order valence-electron chi connectivity index (χ2n) is 4.34. The van der Waals surface area contributed by atoms with Gasteiger partial charge in [-0.3, -0.25) is 0 Å². The highest BCUT2D eigenvalue weighted by Crippen LogP contribution is 2.34. The summed E-state index contributed by atoms with van der Waals surface area (Å²) < 4.78 is 14.1. The maximum absolute atomic E-state index is 14.1. The van der Waals surface area contributed by atoms with Crippen LogP contribution in [0.15, 0.2) is 42.5 Å². The van der Waals surface area contributed by atoms with Gasteiger partial charge in [0.2, 0.25) is 0 Å². The zero-order valence-electron chi connectivity index (χ0n) is 9.87. The SMILES string of the molecule is CC(C)c1c(-c2ccccc2)ccc(Cl)c1F. The fourth-order valence-electron chi connectivity index (χ4n) is 2.00. The van der Waals surface area contributed by atoms with Gasteiger partial charge in [0.15, 0.2) is 0 Å². The zero-order valence-corrected chi connectivity index (χ0v) is 10.6. The molecule has 0 unspecified atom stereocenters. The van der Waals surface area contributed by atoms with E-state index in [1.807, 2.05) is 50.2 Å². The van der Waals surface area contributed by atoms with Gasteiger partial charge in [-0.15, -0.1) is 0 Å². The molecule has 2 rings (SSSR count). The van der Waals surface area contributed by atoms with Crippen molar-refractivity contribution in [2.75, 3.05) is 0 Å². The highest BCUT2D eigenvalue weighted by molar-refractivity contribution is 6.30. The summed E-state index contributed by atoms with van der Waals surface area (Å²) in [5.41, 5.74) is 2.62. The second-order valence-corrected chi connectivity index (χ2v) is 4.75. The molecule has 0 saturated carbocycles. The highest BCUT2D eigenvalue weighted by Gasteiger charge is 2.16. The summed E-state index contributed by atoms with van der Waals surface area (Å²) in [6, 6.07) is 13.3. The van der Waals surface area contributed by atoms with Crippen LogP contribution in [-0.4, -0.2) is 0 Å². The molecule has 0 saturated heterocycles. The smallest absolute Gasteiger partial charge is 0.145 e. The molecule has 0 aliphatic heterocycles. The fourth-order valence-corrected chi connectivity index (χ4v) is 2.17. The van der Waals surface area contributed by atoms with Crippen LogP contribution in [-0.2, 0) is 0 Å². The van der Waals surface area contributed by atoms with E-state index in [4.69, 9.17) is 11.6 Å². The van der Waals surface area contributed by atoms with Gasteiger partial charge >= 0.3 is 0 Å². The first kappa shape index (κ1) is 12.1. The molecule has 2 heteroatoms. The van der Waals surface area contributed by atoms with E-state index in [-0.39, 0.29) is 16.8 Å². The Balaban J connectivity index is 2.67. The standard InChI is InChI=1S/C15H14ClF/c1-10(2)14-12(8-9-13(16)15(14)17)11-6-4-3-5-7-11/h3-10H,1-2H3. The van der Waals surface area contributed by atoms with Crippen molar-refractivity contribution in [3.63, 3.8) is 0 Å². The van der Waals surface area contributed by atoms with E-state index in [1.165, 1.54) is 0 Å². The van der Waals surface area contributed by atoms with Crippen LogP contribution in [0.5, 0.6) is 0 Å². The Kier molecular flexibility index (Phi) is 3.49. The molecular weight excluding hydrogens is 235 g/mol. The van der Waals surface area contributed by atoms with Crippen molar-refractivity contribution in [2.24, 2.45) is 0 Å². The minimum atomic E-state index is -0.303. The van der Waals surface area contributed by atoms with Gasteiger partial charge in [0.05, 0.1) is 5.02 Å². The molecule has 0 atom stereocenters. The summed E-state index contributed by atoms with van der Waals surface area (Å²) in [7, 11) is 0. The van der Waals surface area contributed by atoms with Crippen molar-refractivity contribution in [1.82, 2.24) is 0 Å². The summed E-state index contributed by atoms with van der Waals surface area (Å²) in [6.07, 6.45) is 0. The van der Waals surface area contributed by atoms with E-state index in [0.717, 1.165) is 11.1 Å². The molecule has 0 amide bonds. The Morgan fingerprint density at radius 1 is 1.00 bits per heavy atom. The number of hydrogen-bond acceptors (Lipinski definition) is 0. The molecule has 0 nitrogen and oxygen atoms in total. The maximum atomic E-state index is 14.1. The van der Waals surface area contributed by atoms with Crippen LogP contribution in [0.4, 0.5) is 4.39 Å². The minimum Gasteiger partial charge on any atom is -0.205 e. The van der Waals surface area contributed by atoms with Crippen molar-refractivity contribution in [3.05, 3.63) is 58.9 Å². The Hall–Kier alpha value is -1.34. The summed E-state index contributed by atoms with van der Waals surface area (Å²) in [5.74, 6) is -0.202. The van der Waals surface area contributed by atoms with Crippen molar-refractivity contribution < 1.29 is 4.39 Å². The molecule has 2 aromatic rings. The largest absolute Gasteiger partial charge is 0.205 e. The first-order valence-electron chi connectivity index (χ1n) is 5.64. The van der Waals surface area contributed by atoms with Crippen molar-refractivity contribution >= 4 is 11.6 Å². The van der Waals surface area contributed by atoms with Crippen LogP contribution in [0.3, 0.4) is 0 Å². The Bertz CT molecular complexity index is 518. The van der Waals surface area contributed by atoms with E-state index >= 15 is 0 Å². The van der Waals surface area contributed by atoms with Crippen LogP contribution in [0.1, 0.15) is 25.3 Å². The predicted octanol–water partition coefficient (Wildman–Crippen LogP) is 5.27. The van der Waals surface area contributed by atoms with Crippen molar-refractivity contribution in [3.8, 4) is 11.1 Å². The second kappa shape index (κ2) is 4.89. The topological polar surface area (TPSA) is 0 Å². The molecule has 0 aromatic heterocycles. The van der Waals surface area contributed by atoms with E-state index in [0.29, 0.717) is 5.56 Å². The van der Waals surface area contributed by atoms with Gasteiger partial charge < -0.3 is 0 Å². The van der Waals surface area contributed by atoms with Gasteiger partial charge in [-0.2, -0.15) is 0 Å². The van der Waals surface area contributed by atoms with Crippen LogP contribution in [0, 0.1) is 5.82 Å². The minimum absolute atomic E-state index is 0.101. The van der Waals surface area contributed by atoms with Gasteiger partial charge in [0.1, 0.15) is 5.82 Å². The third-order valence-corrected chi connectivity index (χ3v) is 3.09. The molecule has 0 bridgehead atoms. The first-order chi connectivity index (χ1) is 8.11. The van der Waals surface area contributed by atoms with E-state index in [9.17, 15) is 4.39 Å². The van der Waals surface area contributed by atoms with Crippen molar-refractivity contribution in [1.29, 1.82) is 0 Å². The number of halogens is 2. The molecule has 0 aliphatic rings. The third-order valence-electron chi connectivity index (χ3n) is 2.79. The summed E-state index contributed by atoms with van der Waals surface area (Å²) >= 11 is 5.84.